The fourth-order valence-electron chi connectivity index (χ4n) is 3.69. The number of para-hydroxylation sites is 1. The van der Waals surface area contributed by atoms with Gasteiger partial charge in [-0.25, -0.2) is 4.98 Å². The van der Waals surface area contributed by atoms with Crippen LogP contribution in [0.2, 0.25) is 0 Å². The molecule has 0 atom stereocenters. The standard InChI is InChI=1S/C26H20N4/c1-18-6-5-7-19(14-18)17-28-21-11-13-24-26(16-21)30(22-8-3-2-4-9-22)25-15-20(27)10-12-23(25)29-24/h2-17,27H,1H3/p+1. The Morgan fingerprint density at radius 3 is 2.37 bits per heavy atom. The molecule has 0 radical (unpaired) electrons. The lowest BCUT2D eigenvalue weighted by atomic mass is 10.1. The fourth-order valence-corrected chi connectivity index (χ4v) is 3.69. The van der Waals surface area contributed by atoms with Crippen LogP contribution in [0.25, 0.3) is 27.8 Å². The summed E-state index contributed by atoms with van der Waals surface area (Å²) in [5.41, 5.74) is 14.8. The van der Waals surface area contributed by atoms with Crippen molar-refractivity contribution in [1.29, 1.82) is 0 Å². The van der Waals surface area contributed by atoms with E-state index >= 15 is 0 Å². The normalized spacial score (nSPS) is 11.5. The van der Waals surface area contributed by atoms with E-state index in [0.717, 1.165) is 39.0 Å². The average Bonchev–Trinajstić information content (AvgIpc) is 2.77. The van der Waals surface area contributed by atoms with Gasteiger partial charge in [0.2, 0.25) is 16.7 Å². The van der Waals surface area contributed by atoms with Gasteiger partial charge >= 0.3 is 0 Å². The Morgan fingerprint density at radius 2 is 1.57 bits per heavy atom. The molecule has 30 heavy (non-hydrogen) atoms. The molecule has 0 aliphatic carbocycles. The van der Waals surface area contributed by atoms with E-state index in [1.807, 2.05) is 60.8 Å². The monoisotopic (exact) mass is 389 g/mol. The molecule has 0 amide bonds. The molecule has 5 rings (SSSR count). The van der Waals surface area contributed by atoms with E-state index in [2.05, 4.69) is 47.9 Å². The van der Waals surface area contributed by atoms with E-state index in [1.54, 1.807) is 0 Å². The summed E-state index contributed by atoms with van der Waals surface area (Å²) in [7, 11) is 0. The smallest absolute Gasteiger partial charge is 0.239 e. The molecule has 1 aromatic heterocycles. The lowest BCUT2D eigenvalue weighted by molar-refractivity contribution is -0.538. The molecule has 4 heteroatoms. The van der Waals surface area contributed by atoms with Gasteiger partial charge in [0.25, 0.3) is 0 Å². The number of anilines is 1. The first-order valence-corrected chi connectivity index (χ1v) is 9.89. The van der Waals surface area contributed by atoms with Gasteiger partial charge in [0.15, 0.2) is 0 Å². The third kappa shape index (κ3) is 3.40. The summed E-state index contributed by atoms with van der Waals surface area (Å²) >= 11 is 0. The van der Waals surface area contributed by atoms with E-state index in [1.165, 1.54) is 5.56 Å². The molecule has 0 aliphatic rings. The molecule has 0 fully saturated rings. The summed E-state index contributed by atoms with van der Waals surface area (Å²) in [5, 5.41) is 0. The zero-order valence-electron chi connectivity index (χ0n) is 16.7. The van der Waals surface area contributed by atoms with Crippen molar-refractivity contribution in [2.45, 2.75) is 6.92 Å². The molecule has 0 saturated heterocycles. The molecule has 5 aromatic rings. The number of aromatic nitrogens is 2. The van der Waals surface area contributed by atoms with Gasteiger partial charge in [-0.05, 0) is 36.8 Å². The molecule has 144 valence electrons. The maximum absolute atomic E-state index is 6.10. The van der Waals surface area contributed by atoms with Crippen molar-refractivity contribution >= 4 is 39.7 Å². The Kier molecular flexibility index (Phi) is 4.45. The second-order valence-corrected chi connectivity index (χ2v) is 7.38. The Labute approximate surface area is 175 Å². The molecule has 0 bridgehead atoms. The van der Waals surface area contributed by atoms with E-state index in [-0.39, 0.29) is 0 Å². The van der Waals surface area contributed by atoms with Gasteiger partial charge < -0.3 is 5.73 Å². The molecular formula is C26H21N4+. The molecule has 0 spiro atoms. The van der Waals surface area contributed by atoms with Gasteiger partial charge in [-0.3, -0.25) is 4.99 Å². The average molecular weight is 389 g/mol. The zero-order valence-corrected chi connectivity index (χ0v) is 16.7. The van der Waals surface area contributed by atoms with Crippen molar-refractivity contribution in [3.63, 3.8) is 0 Å². The van der Waals surface area contributed by atoms with Crippen molar-refractivity contribution in [2.24, 2.45) is 4.99 Å². The molecule has 1 heterocycles. The first-order valence-electron chi connectivity index (χ1n) is 9.89. The van der Waals surface area contributed by atoms with Crippen molar-refractivity contribution in [2.75, 3.05) is 5.73 Å². The summed E-state index contributed by atoms with van der Waals surface area (Å²) in [4.78, 5) is 9.56. The third-order valence-electron chi connectivity index (χ3n) is 5.10. The minimum absolute atomic E-state index is 0.710. The van der Waals surface area contributed by atoms with Crippen LogP contribution in [0, 0.1) is 6.92 Å². The first kappa shape index (κ1) is 18.0. The van der Waals surface area contributed by atoms with E-state index in [9.17, 15) is 0 Å². The molecule has 0 unspecified atom stereocenters. The SMILES string of the molecule is Cc1cccc(C=Nc2ccc3nc4ccc(N)cc4[n+](-c4ccccc4)c3c2)c1. The summed E-state index contributed by atoms with van der Waals surface area (Å²) in [6.07, 6.45) is 1.90. The van der Waals surface area contributed by atoms with Crippen molar-refractivity contribution in [3.8, 4) is 5.69 Å². The van der Waals surface area contributed by atoms with Gasteiger partial charge in [0.05, 0.1) is 5.69 Å². The summed E-state index contributed by atoms with van der Waals surface area (Å²) in [5.74, 6) is 0. The van der Waals surface area contributed by atoms with E-state index < -0.39 is 0 Å². The summed E-state index contributed by atoms with van der Waals surface area (Å²) < 4.78 is 2.19. The number of fused-ring (bicyclic) bond motifs is 2. The van der Waals surface area contributed by atoms with E-state index in [0.29, 0.717) is 5.69 Å². The fraction of sp³-hybridized carbons (Fsp3) is 0.0385. The lowest BCUT2D eigenvalue weighted by Crippen LogP contribution is -2.33. The van der Waals surface area contributed by atoms with Gasteiger partial charge in [0.1, 0.15) is 11.0 Å². The summed E-state index contributed by atoms with van der Waals surface area (Å²) in [6.45, 7) is 2.08. The number of rotatable bonds is 3. The highest BCUT2D eigenvalue weighted by atomic mass is 15.0. The van der Waals surface area contributed by atoms with Crippen molar-refractivity contribution in [1.82, 2.24) is 4.98 Å². The first-order chi connectivity index (χ1) is 14.7. The Hall–Kier alpha value is -4.05. The Bertz CT molecular complexity index is 1410. The van der Waals surface area contributed by atoms with Crippen LogP contribution in [-0.4, -0.2) is 11.2 Å². The number of aryl methyl sites for hydroxylation is 1. The molecule has 2 N–H and O–H groups in total. The number of nitrogens with zero attached hydrogens (tertiary/aromatic N) is 3. The van der Waals surface area contributed by atoms with Crippen LogP contribution in [-0.2, 0) is 0 Å². The van der Waals surface area contributed by atoms with Gasteiger partial charge in [-0.15, -0.1) is 4.57 Å². The van der Waals surface area contributed by atoms with Crippen LogP contribution in [0.4, 0.5) is 11.4 Å². The van der Waals surface area contributed by atoms with Crippen LogP contribution in [0.1, 0.15) is 11.1 Å². The highest BCUT2D eigenvalue weighted by Crippen LogP contribution is 2.23. The number of hydrogen-bond acceptors (Lipinski definition) is 3. The quantitative estimate of drug-likeness (QED) is 0.197. The Balaban J connectivity index is 1.73. The van der Waals surface area contributed by atoms with Crippen molar-refractivity contribution < 1.29 is 4.57 Å². The molecule has 4 aromatic carbocycles. The number of aliphatic imine (C=N–C) groups is 1. The van der Waals surface area contributed by atoms with Gasteiger partial charge in [-0.2, -0.15) is 0 Å². The van der Waals surface area contributed by atoms with Crippen molar-refractivity contribution in [3.05, 3.63) is 102 Å². The van der Waals surface area contributed by atoms with Crippen LogP contribution < -0.4 is 10.3 Å². The van der Waals surface area contributed by atoms with E-state index in [4.69, 9.17) is 15.7 Å². The van der Waals surface area contributed by atoms with Gasteiger partial charge in [-0.1, -0.05) is 48.0 Å². The lowest BCUT2D eigenvalue weighted by Gasteiger charge is -2.06. The predicted molar refractivity (Wildman–Crippen MR) is 124 cm³/mol. The van der Waals surface area contributed by atoms with Crippen LogP contribution in [0.5, 0.6) is 0 Å². The summed E-state index contributed by atoms with van der Waals surface area (Å²) in [6, 6.07) is 30.5. The van der Waals surface area contributed by atoms with Gasteiger partial charge in [0, 0.05) is 36.2 Å². The largest absolute Gasteiger partial charge is 0.399 e. The molecular weight excluding hydrogens is 368 g/mol. The number of nitrogens with two attached hydrogens (primary N) is 1. The predicted octanol–water partition coefficient (Wildman–Crippen LogP) is 5.31. The third-order valence-corrected chi connectivity index (χ3v) is 5.10. The molecule has 4 nitrogen and oxygen atoms in total. The number of benzene rings is 4. The second-order valence-electron chi connectivity index (χ2n) is 7.38. The maximum atomic E-state index is 6.10. The van der Waals surface area contributed by atoms with Crippen LogP contribution in [0.3, 0.4) is 0 Å². The number of nitrogen functional groups attached to an aromatic ring is 1. The number of hydrogen-bond donors (Lipinski definition) is 1. The second kappa shape index (κ2) is 7.41. The zero-order chi connectivity index (χ0) is 20.5. The minimum atomic E-state index is 0.710. The highest BCUT2D eigenvalue weighted by Gasteiger charge is 2.19. The Morgan fingerprint density at radius 1 is 0.800 bits per heavy atom. The topological polar surface area (TPSA) is 55.1 Å². The highest BCUT2D eigenvalue weighted by molar-refractivity contribution is 5.87. The maximum Gasteiger partial charge on any atom is 0.239 e. The van der Waals surface area contributed by atoms with Crippen LogP contribution in [0.15, 0.2) is 96.0 Å². The molecule has 0 aliphatic heterocycles. The minimum Gasteiger partial charge on any atom is -0.399 e. The molecule has 0 saturated carbocycles. The van der Waals surface area contributed by atoms with Crippen LogP contribution >= 0.6 is 0 Å².